The summed E-state index contributed by atoms with van der Waals surface area (Å²) in [6.45, 7) is 4.26. The molecule has 2 unspecified atom stereocenters. The van der Waals surface area contributed by atoms with E-state index in [0.717, 1.165) is 50.9 Å². The van der Waals surface area contributed by atoms with Crippen molar-refractivity contribution in [1.29, 1.82) is 0 Å². The predicted molar refractivity (Wildman–Crippen MR) is 88.3 cm³/mol. The molecule has 1 saturated carbocycles. The van der Waals surface area contributed by atoms with E-state index in [1.807, 2.05) is 9.80 Å². The molecule has 0 spiro atoms. The smallest absolute Gasteiger partial charge is 0.246 e. The van der Waals surface area contributed by atoms with Gasteiger partial charge in [0.05, 0.1) is 5.88 Å². The van der Waals surface area contributed by atoms with Crippen LogP contribution >= 0.6 is 11.8 Å². The van der Waals surface area contributed by atoms with Gasteiger partial charge < -0.3 is 15.5 Å². The topological polar surface area (TPSA) is 66.6 Å². The Balaban J connectivity index is 1.65. The number of carbonyl (C=O) groups excluding carboxylic acids is 2. The van der Waals surface area contributed by atoms with Crippen LogP contribution in [-0.4, -0.2) is 58.9 Å². The molecule has 2 heterocycles. The fourth-order valence-electron chi connectivity index (χ4n) is 3.86. The molecule has 0 aromatic carbocycles. The Labute approximate surface area is 137 Å². The Morgan fingerprint density at radius 2 is 2.00 bits per heavy atom. The van der Waals surface area contributed by atoms with Crippen molar-refractivity contribution in [3.05, 3.63) is 0 Å². The van der Waals surface area contributed by atoms with Crippen molar-refractivity contribution in [3.8, 4) is 0 Å². The molecule has 2 atom stereocenters. The molecule has 2 N–H and O–H groups in total. The first kappa shape index (κ1) is 16.1. The predicted octanol–water partition coefficient (Wildman–Crippen LogP) is 1.28. The number of nitrogens with zero attached hydrogens (tertiary/aromatic N) is 2. The summed E-state index contributed by atoms with van der Waals surface area (Å²) in [4.78, 5) is 29.3. The Morgan fingerprint density at radius 3 is 2.64 bits per heavy atom. The van der Waals surface area contributed by atoms with E-state index in [1.54, 1.807) is 11.8 Å². The molecule has 124 valence electrons. The first-order valence-electron chi connectivity index (χ1n) is 8.41. The number of carbonyl (C=O) groups is 2. The molecule has 6 heteroatoms. The third-order valence-electron chi connectivity index (χ3n) is 5.52. The van der Waals surface area contributed by atoms with Crippen LogP contribution in [0.4, 0.5) is 0 Å². The van der Waals surface area contributed by atoms with Gasteiger partial charge in [0.1, 0.15) is 6.04 Å². The van der Waals surface area contributed by atoms with Gasteiger partial charge in [-0.3, -0.25) is 9.59 Å². The van der Waals surface area contributed by atoms with Gasteiger partial charge in [0.15, 0.2) is 0 Å². The monoisotopic (exact) mass is 325 g/mol. The molecule has 0 aromatic rings. The van der Waals surface area contributed by atoms with E-state index in [-0.39, 0.29) is 29.2 Å². The van der Waals surface area contributed by atoms with Gasteiger partial charge in [0.2, 0.25) is 11.8 Å². The molecule has 3 fully saturated rings. The Bertz CT molecular complexity index is 453. The summed E-state index contributed by atoms with van der Waals surface area (Å²) in [6.07, 6.45) is 5.26. The molecule has 2 saturated heterocycles. The summed E-state index contributed by atoms with van der Waals surface area (Å²) in [6, 6.07) is -0.252. The van der Waals surface area contributed by atoms with Gasteiger partial charge in [0.25, 0.3) is 0 Å². The standard InChI is InChI=1S/C16H27N3O2S/c1-16(9-17)6-7-18(10-16)15(21)13-8-22-11-19(13)14(20)12-4-2-3-5-12/h12-13H,2-11,17H2,1H3. The number of hydrogen-bond acceptors (Lipinski definition) is 4. The minimum absolute atomic E-state index is 0.0434. The summed E-state index contributed by atoms with van der Waals surface area (Å²) in [7, 11) is 0. The van der Waals surface area contributed by atoms with Crippen LogP contribution < -0.4 is 5.73 Å². The van der Waals surface area contributed by atoms with Crippen molar-refractivity contribution in [2.45, 2.75) is 45.1 Å². The number of likely N-dealkylation sites (tertiary alicyclic amines) is 1. The van der Waals surface area contributed by atoms with Crippen LogP contribution in [0.15, 0.2) is 0 Å². The lowest BCUT2D eigenvalue weighted by molar-refractivity contribution is -0.145. The lowest BCUT2D eigenvalue weighted by Crippen LogP contribution is -2.50. The Morgan fingerprint density at radius 1 is 1.27 bits per heavy atom. The van der Waals surface area contributed by atoms with Gasteiger partial charge in [-0.1, -0.05) is 19.8 Å². The number of rotatable bonds is 3. The van der Waals surface area contributed by atoms with Gasteiger partial charge in [0, 0.05) is 24.8 Å². The zero-order valence-corrected chi connectivity index (χ0v) is 14.2. The number of amides is 2. The Hall–Kier alpha value is -0.750. The maximum absolute atomic E-state index is 12.9. The average molecular weight is 325 g/mol. The fraction of sp³-hybridized carbons (Fsp3) is 0.875. The second-order valence-electron chi connectivity index (χ2n) is 7.33. The number of thioether (sulfide) groups is 1. The highest BCUT2D eigenvalue weighted by Gasteiger charge is 2.43. The maximum Gasteiger partial charge on any atom is 0.246 e. The van der Waals surface area contributed by atoms with Crippen molar-refractivity contribution in [1.82, 2.24) is 9.80 Å². The molecular formula is C16H27N3O2S. The van der Waals surface area contributed by atoms with E-state index in [0.29, 0.717) is 12.4 Å². The van der Waals surface area contributed by atoms with Crippen molar-refractivity contribution in [2.75, 3.05) is 31.3 Å². The molecule has 2 aliphatic heterocycles. The van der Waals surface area contributed by atoms with Crippen LogP contribution in [-0.2, 0) is 9.59 Å². The highest BCUT2D eigenvalue weighted by atomic mass is 32.2. The van der Waals surface area contributed by atoms with Crippen molar-refractivity contribution < 1.29 is 9.59 Å². The van der Waals surface area contributed by atoms with E-state index >= 15 is 0 Å². The lowest BCUT2D eigenvalue weighted by Gasteiger charge is -2.30. The maximum atomic E-state index is 12.9. The molecule has 0 bridgehead atoms. The van der Waals surface area contributed by atoms with E-state index in [9.17, 15) is 9.59 Å². The Kier molecular flexibility index (Phi) is 4.69. The normalized spacial score (nSPS) is 32.9. The SMILES string of the molecule is CC1(CN)CCN(C(=O)C2CSCN2C(=O)C2CCCC2)C1. The average Bonchev–Trinajstić information content (AvgIpc) is 3.26. The van der Waals surface area contributed by atoms with Crippen LogP contribution in [0, 0.1) is 11.3 Å². The number of hydrogen-bond donors (Lipinski definition) is 1. The zero-order chi connectivity index (χ0) is 15.7. The van der Waals surface area contributed by atoms with Gasteiger partial charge in [-0.2, -0.15) is 0 Å². The molecule has 3 rings (SSSR count). The van der Waals surface area contributed by atoms with E-state index < -0.39 is 0 Å². The minimum atomic E-state index is -0.252. The summed E-state index contributed by atoms with van der Waals surface area (Å²) >= 11 is 1.70. The van der Waals surface area contributed by atoms with Crippen molar-refractivity contribution in [3.63, 3.8) is 0 Å². The van der Waals surface area contributed by atoms with E-state index in [4.69, 9.17) is 5.73 Å². The van der Waals surface area contributed by atoms with E-state index in [2.05, 4.69) is 6.92 Å². The van der Waals surface area contributed by atoms with E-state index in [1.165, 1.54) is 0 Å². The van der Waals surface area contributed by atoms with Gasteiger partial charge in [-0.25, -0.2) is 0 Å². The molecular weight excluding hydrogens is 298 g/mol. The first-order valence-corrected chi connectivity index (χ1v) is 9.57. The molecule has 0 radical (unpaired) electrons. The first-order chi connectivity index (χ1) is 10.5. The van der Waals surface area contributed by atoms with Crippen LogP contribution in [0.1, 0.15) is 39.0 Å². The second-order valence-corrected chi connectivity index (χ2v) is 8.33. The molecule has 2 amide bonds. The summed E-state index contributed by atoms with van der Waals surface area (Å²) < 4.78 is 0. The highest BCUT2D eigenvalue weighted by Crippen LogP contribution is 2.33. The van der Waals surface area contributed by atoms with Gasteiger partial charge in [-0.05, 0) is 31.2 Å². The number of nitrogens with two attached hydrogens (primary N) is 1. The minimum Gasteiger partial charge on any atom is -0.340 e. The fourth-order valence-corrected chi connectivity index (χ4v) is 5.02. The van der Waals surface area contributed by atoms with Crippen LogP contribution in [0.5, 0.6) is 0 Å². The molecule has 22 heavy (non-hydrogen) atoms. The van der Waals surface area contributed by atoms with Gasteiger partial charge >= 0.3 is 0 Å². The van der Waals surface area contributed by atoms with Crippen LogP contribution in [0.25, 0.3) is 0 Å². The summed E-state index contributed by atoms with van der Waals surface area (Å²) in [5, 5.41) is 0. The highest BCUT2D eigenvalue weighted by molar-refractivity contribution is 7.99. The summed E-state index contributed by atoms with van der Waals surface area (Å²) in [5.74, 6) is 1.91. The molecule has 0 aromatic heterocycles. The van der Waals surface area contributed by atoms with Crippen LogP contribution in [0.3, 0.4) is 0 Å². The molecule has 1 aliphatic carbocycles. The summed E-state index contributed by atoms with van der Waals surface area (Å²) in [5.41, 5.74) is 5.88. The van der Waals surface area contributed by atoms with Crippen molar-refractivity contribution >= 4 is 23.6 Å². The largest absolute Gasteiger partial charge is 0.340 e. The molecule has 5 nitrogen and oxygen atoms in total. The quantitative estimate of drug-likeness (QED) is 0.849. The van der Waals surface area contributed by atoms with Gasteiger partial charge in [-0.15, -0.1) is 11.8 Å². The van der Waals surface area contributed by atoms with Crippen molar-refractivity contribution in [2.24, 2.45) is 17.1 Å². The van der Waals surface area contributed by atoms with Crippen LogP contribution in [0.2, 0.25) is 0 Å². The zero-order valence-electron chi connectivity index (χ0n) is 13.4. The third-order valence-corrected chi connectivity index (χ3v) is 6.53. The second kappa shape index (κ2) is 6.40. The third kappa shape index (κ3) is 3.00. The molecule has 3 aliphatic rings. The lowest BCUT2D eigenvalue weighted by atomic mass is 9.90.